The third-order valence-electron chi connectivity index (χ3n) is 3.26. The number of rotatable bonds is 2. The average molecular weight is 302 g/mol. The SMILES string of the molecule is CC1CC(C)CN(C(=O)c2csc(S(N)(=O)=O)c2)C1. The van der Waals surface area contributed by atoms with Crippen LogP contribution in [-0.2, 0) is 10.0 Å². The Labute approximate surface area is 117 Å². The summed E-state index contributed by atoms with van der Waals surface area (Å²) in [5.41, 5.74) is 0.412. The van der Waals surface area contributed by atoms with E-state index in [-0.39, 0.29) is 10.1 Å². The molecular formula is C12H18N2O3S2. The topological polar surface area (TPSA) is 80.5 Å². The quantitative estimate of drug-likeness (QED) is 0.899. The molecule has 2 N–H and O–H groups in total. The summed E-state index contributed by atoms with van der Waals surface area (Å²) >= 11 is 0.990. The van der Waals surface area contributed by atoms with E-state index >= 15 is 0 Å². The van der Waals surface area contributed by atoms with E-state index in [1.54, 1.807) is 10.3 Å². The summed E-state index contributed by atoms with van der Waals surface area (Å²) in [4.78, 5) is 14.1. The fourth-order valence-electron chi connectivity index (χ4n) is 2.59. The average Bonchev–Trinajstić information content (AvgIpc) is 2.75. The summed E-state index contributed by atoms with van der Waals surface area (Å²) in [5, 5.41) is 6.61. The third-order valence-corrected chi connectivity index (χ3v) is 5.65. The van der Waals surface area contributed by atoms with Crippen LogP contribution in [0.4, 0.5) is 0 Å². The maximum Gasteiger partial charge on any atom is 0.254 e. The van der Waals surface area contributed by atoms with E-state index in [4.69, 9.17) is 5.14 Å². The molecule has 5 nitrogen and oxygen atoms in total. The number of carbonyl (C=O) groups excluding carboxylic acids is 1. The minimum absolute atomic E-state index is 0.0361. The van der Waals surface area contributed by atoms with Crippen LogP contribution in [0.1, 0.15) is 30.6 Å². The monoisotopic (exact) mass is 302 g/mol. The van der Waals surface area contributed by atoms with Crippen molar-refractivity contribution in [3.63, 3.8) is 0 Å². The minimum Gasteiger partial charge on any atom is -0.338 e. The van der Waals surface area contributed by atoms with Crippen molar-refractivity contribution in [2.75, 3.05) is 13.1 Å². The first-order valence-electron chi connectivity index (χ1n) is 6.18. The molecule has 0 spiro atoms. The smallest absolute Gasteiger partial charge is 0.254 e. The zero-order chi connectivity index (χ0) is 14.2. The van der Waals surface area contributed by atoms with Crippen molar-refractivity contribution in [3.8, 4) is 0 Å². The molecular weight excluding hydrogens is 284 g/mol. The molecule has 1 aliphatic heterocycles. The molecule has 2 heterocycles. The molecule has 0 radical (unpaired) electrons. The van der Waals surface area contributed by atoms with Gasteiger partial charge in [-0.05, 0) is 24.3 Å². The van der Waals surface area contributed by atoms with Crippen molar-refractivity contribution in [3.05, 3.63) is 17.0 Å². The van der Waals surface area contributed by atoms with Crippen LogP contribution in [0.5, 0.6) is 0 Å². The Morgan fingerprint density at radius 2 is 1.95 bits per heavy atom. The molecule has 0 aliphatic carbocycles. The Kier molecular flexibility index (Phi) is 3.98. The van der Waals surface area contributed by atoms with Crippen LogP contribution >= 0.6 is 11.3 Å². The number of likely N-dealkylation sites (tertiary alicyclic amines) is 1. The summed E-state index contributed by atoms with van der Waals surface area (Å²) in [6.07, 6.45) is 1.12. The van der Waals surface area contributed by atoms with Gasteiger partial charge < -0.3 is 4.90 Å². The molecule has 1 fully saturated rings. The van der Waals surface area contributed by atoms with Gasteiger partial charge in [0.15, 0.2) is 0 Å². The Morgan fingerprint density at radius 3 is 2.42 bits per heavy atom. The first kappa shape index (κ1) is 14.5. The van der Waals surface area contributed by atoms with Crippen molar-refractivity contribution in [1.29, 1.82) is 0 Å². The Balaban J connectivity index is 2.18. The molecule has 106 valence electrons. The maximum absolute atomic E-state index is 12.3. The molecule has 0 bridgehead atoms. The lowest BCUT2D eigenvalue weighted by molar-refractivity contribution is 0.0623. The largest absolute Gasteiger partial charge is 0.338 e. The molecule has 0 saturated carbocycles. The number of amides is 1. The van der Waals surface area contributed by atoms with Gasteiger partial charge in [-0.25, -0.2) is 13.6 Å². The number of thiophene rings is 1. The van der Waals surface area contributed by atoms with Crippen molar-refractivity contribution >= 4 is 27.3 Å². The highest BCUT2D eigenvalue weighted by atomic mass is 32.2. The van der Waals surface area contributed by atoms with Gasteiger partial charge in [0.1, 0.15) is 4.21 Å². The number of nitrogens with two attached hydrogens (primary N) is 1. The third kappa shape index (κ3) is 3.34. The van der Waals surface area contributed by atoms with Crippen molar-refractivity contribution in [2.24, 2.45) is 17.0 Å². The molecule has 1 aliphatic rings. The molecule has 1 saturated heterocycles. The Morgan fingerprint density at radius 1 is 1.37 bits per heavy atom. The van der Waals surface area contributed by atoms with Gasteiger partial charge in [0.25, 0.3) is 5.91 Å². The van der Waals surface area contributed by atoms with E-state index < -0.39 is 10.0 Å². The number of primary sulfonamides is 1. The second-order valence-corrected chi connectivity index (χ2v) is 8.06. The summed E-state index contributed by atoms with van der Waals surface area (Å²) < 4.78 is 22.5. The summed E-state index contributed by atoms with van der Waals surface area (Å²) in [5.74, 6) is 0.845. The zero-order valence-corrected chi connectivity index (χ0v) is 12.6. The zero-order valence-electron chi connectivity index (χ0n) is 11.0. The molecule has 7 heteroatoms. The van der Waals surface area contributed by atoms with Crippen molar-refractivity contribution in [1.82, 2.24) is 4.90 Å². The van der Waals surface area contributed by atoms with E-state index in [9.17, 15) is 13.2 Å². The fourth-order valence-corrected chi connectivity index (χ4v) is 4.17. The lowest BCUT2D eigenvalue weighted by Gasteiger charge is -2.34. The molecule has 2 atom stereocenters. The molecule has 1 amide bonds. The number of hydrogen-bond acceptors (Lipinski definition) is 4. The number of carbonyl (C=O) groups is 1. The predicted molar refractivity (Wildman–Crippen MR) is 74.5 cm³/mol. The van der Waals surface area contributed by atoms with Crippen LogP contribution < -0.4 is 5.14 Å². The van der Waals surface area contributed by atoms with Gasteiger partial charge in [0, 0.05) is 18.5 Å². The number of sulfonamides is 1. The predicted octanol–water partition coefficient (Wildman–Crippen LogP) is 1.51. The van der Waals surface area contributed by atoms with Gasteiger partial charge in [-0.1, -0.05) is 13.8 Å². The molecule has 0 aromatic carbocycles. The van der Waals surface area contributed by atoms with Crippen molar-refractivity contribution < 1.29 is 13.2 Å². The van der Waals surface area contributed by atoms with Crippen LogP contribution in [0.25, 0.3) is 0 Å². The highest BCUT2D eigenvalue weighted by Gasteiger charge is 2.27. The van der Waals surface area contributed by atoms with Crippen LogP contribution in [-0.4, -0.2) is 32.3 Å². The van der Waals surface area contributed by atoms with Crippen LogP contribution in [0, 0.1) is 11.8 Å². The van der Waals surface area contributed by atoms with Gasteiger partial charge in [0.2, 0.25) is 10.0 Å². The lowest BCUT2D eigenvalue weighted by Crippen LogP contribution is -2.42. The second-order valence-electron chi connectivity index (χ2n) is 5.36. The molecule has 2 unspecified atom stereocenters. The Hall–Kier alpha value is -0.920. The van der Waals surface area contributed by atoms with Crippen LogP contribution in [0.15, 0.2) is 15.7 Å². The van der Waals surface area contributed by atoms with Gasteiger partial charge in [-0.2, -0.15) is 0 Å². The lowest BCUT2D eigenvalue weighted by atomic mass is 9.91. The molecule has 19 heavy (non-hydrogen) atoms. The molecule has 1 aromatic heterocycles. The van der Waals surface area contributed by atoms with Gasteiger partial charge in [-0.3, -0.25) is 4.79 Å². The van der Waals surface area contributed by atoms with E-state index in [0.29, 0.717) is 17.4 Å². The normalized spacial score (nSPS) is 24.5. The van der Waals surface area contributed by atoms with Gasteiger partial charge >= 0.3 is 0 Å². The van der Waals surface area contributed by atoms with E-state index in [1.807, 2.05) is 0 Å². The summed E-state index contributed by atoms with van der Waals surface area (Å²) in [6, 6.07) is 1.37. The highest BCUT2D eigenvalue weighted by Crippen LogP contribution is 2.25. The fraction of sp³-hybridized carbons (Fsp3) is 0.583. The summed E-state index contributed by atoms with van der Waals surface area (Å²) in [7, 11) is -3.72. The first-order chi connectivity index (χ1) is 8.77. The van der Waals surface area contributed by atoms with Crippen LogP contribution in [0.3, 0.4) is 0 Å². The Bertz CT molecular complexity index is 570. The second kappa shape index (κ2) is 5.22. The number of nitrogens with zero attached hydrogens (tertiary/aromatic N) is 1. The first-order valence-corrected chi connectivity index (χ1v) is 8.60. The maximum atomic E-state index is 12.3. The molecule has 2 rings (SSSR count). The number of hydrogen-bond donors (Lipinski definition) is 1. The minimum atomic E-state index is -3.72. The van der Waals surface area contributed by atoms with Crippen molar-refractivity contribution in [2.45, 2.75) is 24.5 Å². The van der Waals surface area contributed by atoms with Gasteiger partial charge in [0.05, 0.1) is 5.56 Å². The van der Waals surface area contributed by atoms with E-state index in [0.717, 1.165) is 30.8 Å². The van der Waals surface area contributed by atoms with E-state index in [2.05, 4.69) is 13.8 Å². The number of piperidine rings is 1. The standard InChI is InChI=1S/C12H18N2O3S2/c1-8-3-9(2)6-14(5-8)12(15)10-4-11(18-7-10)19(13,16)17/h4,7-9H,3,5-6H2,1-2H3,(H2,13,16,17). The van der Waals surface area contributed by atoms with Gasteiger partial charge in [-0.15, -0.1) is 11.3 Å². The highest BCUT2D eigenvalue weighted by molar-refractivity contribution is 7.91. The van der Waals surface area contributed by atoms with E-state index in [1.165, 1.54) is 6.07 Å². The van der Waals surface area contributed by atoms with Crippen LogP contribution in [0.2, 0.25) is 0 Å². The summed E-state index contributed by atoms with van der Waals surface area (Å²) in [6.45, 7) is 5.70. The molecule has 1 aromatic rings.